The molecule has 0 spiro atoms. The molecule has 3 aromatic rings. The second kappa shape index (κ2) is 10.3. The van der Waals surface area contributed by atoms with Gasteiger partial charge in [-0.3, -0.25) is 25.1 Å². The molecule has 0 aromatic heterocycles. The van der Waals surface area contributed by atoms with Gasteiger partial charge in [-0.05, 0) is 36.4 Å². The van der Waals surface area contributed by atoms with Crippen molar-refractivity contribution < 1.29 is 24.0 Å². The summed E-state index contributed by atoms with van der Waals surface area (Å²) in [4.78, 5) is 36.1. The van der Waals surface area contributed by atoms with Crippen molar-refractivity contribution >= 4 is 29.3 Å². The van der Waals surface area contributed by atoms with Crippen LogP contribution in [0.3, 0.4) is 0 Å². The summed E-state index contributed by atoms with van der Waals surface area (Å²) in [5, 5.41) is 12.4. The van der Waals surface area contributed by atoms with Crippen LogP contribution in [0.2, 0.25) is 0 Å². The second-order valence-electron chi connectivity index (χ2n) is 7.32. The third-order valence-corrected chi connectivity index (χ3v) is 4.97. The molecular formula is C25H21N3O6. The quantitative estimate of drug-likeness (QED) is 0.171. The van der Waals surface area contributed by atoms with Crippen molar-refractivity contribution in [2.45, 2.75) is 6.42 Å². The van der Waals surface area contributed by atoms with Crippen molar-refractivity contribution in [1.29, 1.82) is 0 Å². The van der Waals surface area contributed by atoms with Gasteiger partial charge < -0.3 is 9.47 Å². The number of rotatable bonds is 9. The minimum absolute atomic E-state index is 0.151. The summed E-state index contributed by atoms with van der Waals surface area (Å²) >= 11 is 0. The highest BCUT2D eigenvalue weighted by molar-refractivity contribution is 6.31. The molecule has 34 heavy (non-hydrogen) atoms. The molecular weight excluding hydrogens is 438 g/mol. The molecule has 3 aromatic carbocycles. The van der Waals surface area contributed by atoms with Gasteiger partial charge in [0.15, 0.2) is 0 Å². The van der Waals surface area contributed by atoms with E-state index in [4.69, 9.17) is 9.47 Å². The topological polar surface area (TPSA) is 111 Å². The van der Waals surface area contributed by atoms with Crippen molar-refractivity contribution in [2.24, 2.45) is 0 Å². The van der Waals surface area contributed by atoms with Crippen molar-refractivity contribution in [1.82, 2.24) is 5.43 Å². The standard InChI is InChI=1S/C25H21N3O6/c29-24-22(25(30)27(26-24)19-8-3-1-4-9-19)17-18-16-20(28(31)32)12-13-23(18)34-15-7-14-33-21-10-5-2-6-11-21/h1-6,8-13,16-17H,7,14-15H2,(H,26,29)/b22-17+. The number of hydrogen-bond donors (Lipinski definition) is 1. The van der Waals surface area contributed by atoms with Crippen molar-refractivity contribution in [3.63, 3.8) is 0 Å². The second-order valence-corrected chi connectivity index (χ2v) is 7.32. The first kappa shape index (κ1) is 22.5. The molecule has 0 unspecified atom stereocenters. The average molecular weight is 459 g/mol. The van der Waals surface area contributed by atoms with Gasteiger partial charge in [0.1, 0.15) is 17.1 Å². The first-order chi connectivity index (χ1) is 16.5. The summed E-state index contributed by atoms with van der Waals surface area (Å²) in [7, 11) is 0. The summed E-state index contributed by atoms with van der Waals surface area (Å²) in [5.74, 6) is -0.110. The zero-order valence-electron chi connectivity index (χ0n) is 18.0. The fourth-order valence-electron chi connectivity index (χ4n) is 3.31. The van der Waals surface area contributed by atoms with Crippen LogP contribution < -0.4 is 19.9 Å². The van der Waals surface area contributed by atoms with E-state index in [0.717, 1.165) is 10.8 Å². The van der Waals surface area contributed by atoms with E-state index >= 15 is 0 Å². The lowest BCUT2D eigenvalue weighted by Gasteiger charge is -2.14. The van der Waals surface area contributed by atoms with E-state index in [1.807, 2.05) is 30.3 Å². The van der Waals surface area contributed by atoms with Crippen molar-refractivity contribution in [3.8, 4) is 11.5 Å². The van der Waals surface area contributed by atoms with Crippen LogP contribution >= 0.6 is 0 Å². The predicted molar refractivity (Wildman–Crippen MR) is 125 cm³/mol. The van der Waals surface area contributed by atoms with E-state index < -0.39 is 16.7 Å². The van der Waals surface area contributed by atoms with Gasteiger partial charge in [-0.2, -0.15) is 0 Å². The number of nitro groups is 1. The third-order valence-electron chi connectivity index (χ3n) is 4.97. The number of anilines is 1. The highest BCUT2D eigenvalue weighted by atomic mass is 16.6. The SMILES string of the molecule is O=C1NN(c2ccccc2)C(=O)/C1=C/c1cc([N+](=O)[O-])ccc1OCCCOc1ccccc1. The molecule has 4 rings (SSSR count). The zero-order valence-corrected chi connectivity index (χ0v) is 18.0. The Balaban J connectivity index is 1.50. The number of nitrogens with one attached hydrogen (secondary N) is 1. The number of carbonyl (C=O) groups excluding carboxylic acids is 2. The molecule has 1 saturated heterocycles. The number of amides is 2. The molecule has 9 nitrogen and oxygen atoms in total. The summed E-state index contributed by atoms with van der Waals surface area (Å²) in [6.45, 7) is 0.692. The number of para-hydroxylation sites is 2. The van der Waals surface area contributed by atoms with Crippen LogP contribution in [-0.2, 0) is 9.59 Å². The predicted octanol–water partition coefficient (Wildman–Crippen LogP) is 3.90. The lowest BCUT2D eigenvalue weighted by atomic mass is 10.1. The number of ether oxygens (including phenoxy) is 2. The van der Waals surface area contributed by atoms with Crippen LogP contribution in [0.15, 0.2) is 84.4 Å². The molecule has 0 atom stereocenters. The average Bonchev–Trinajstić information content (AvgIpc) is 3.14. The van der Waals surface area contributed by atoms with E-state index in [-0.39, 0.29) is 23.4 Å². The third kappa shape index (κ3) is 5.21. The van der Waals surface area contributed by atoms with Gasteiger partial charge in [0, 0.05) is 24.1 Å². The van der Waals surface area contributed by atoms with Gasteiger partial charge >= 0.3 is 0 Å². The van der Waals surface area contributed by atoms with Crippen LogP contribution in [0.5, 0.6) is 11.5 Å². The molecule has 0 bridgehead atoms. The van der Waals surface area contributed by atoms with Gasteiger partial charge in [-0.25, -0.2) is 5.01 Å². The summed E-state index contributed by atoms with van der Waals surface area (Å²) in [6.07, 6.45) is 1.87. The Bertz CT molecular complexity index is 1230. The number of hydrazine groups is 1. The maximum absolute atomic E-state index is 12.9. The van der Waals surface area contributed by atoms with Crippen LogP contribution in [0.4, 0.5) is 11.4 Å². The van der Waals surface area contributed by atoms with Gasteiger partial charge in [-0.1, -0.05) is 36.4 Å². The lowest BCUT2D eigenvalue weighted by Crippen LogP contribution is -2.35. The fraction of sp³-hybridized carbons (Fsp3) is 0.120. The van der Waals surface area contributed by atoms with Crippen molar-refractivity contribution in [2.75, 3.05) is 18.2 Å². The molecule has 172 valence electrons. The van der Waals surface area contributed by atoms with Crippen molar-refractivity contribution in [3.05, 3.63) is 100 Å². The maximum Gasteiger partial charge on any atom is 0.282 e. The fourth-order valence-corrected chi connectivity index (χ4v) is 3.31. The molecule has 0 saturated carbocycles. The molecule has 1 fully saturated rings. The highest BCUT2D eigenvalue weighted by Crippen LogP contribution is 2.29. The Labute approximate surface area is 195 Å². The summed E-state index contributed by atoms with van der Waals surface area (Å²) in [5.41, 5.74) is 2.93. The molecule has 1 heterocycles. The normalized spacial score (nSPS) is 14.2. The zero-order chi connectivity index (χ0) is 23.9. The van der Waals surface area contributed by atoms with Gasteiger partial charge in [-0.15, -0.1) is 0 Å². The number of benzene rings is 3. The smallest absolute Gasteiger partial charge is 0.282 e. The van der Waals surface area contributed by atoms with Gasteiger partial charge in [0.05, 0.1) is 23.8 Å². The minimum atomic E-state index is -0.609. The Kier molecular flexibility index (Phi) is 6.83. The molecule has 1 aliphatic heterocycles. The number of nitro benzene ring substituents is 1. The Morgan fingerprint density at radius 3 is 2.29 bits per heavy atom. The van der Waals surface area contributed by atoms with Crippen LogP contribution in [0, 0.1) is 10.1 Å². The number of nitrogens with zero attached hydrogens (tertiary/aromatic N) is 2. The van der Waals surface area contributed by atoms with Crippen LogP contribution in [0.1, 0.15) is 12.0 Å². The van der Waals surface area contributed by atoms with E-state index in [2.05, 4.69) is 5.43 Å². The number of non-ortho nitro benzene ring substituents is 1. The van der Waals surface area contributed by atoms with E-state index in [1.54, 1.807) is 30.3 Å². The Hall–Kier alpha value is -4.66. The van der Waals surface area contributed by atoms with Gasteiger partial charge in [0.2, 0.25) is 0 Å². The van der Waals surface area contributed by atoms with Crippen LogP contribution in [-0.4, -0.2) is 30.0 Å². The largest absolute Gasteiger partial charge is 0.493 e. The lowest BCUT2D eigenvalue weighted by molar-refractivity contribution is -0.384. The molecule has 9 heteroatoms. The van der Waals surface area contributed by atoms with Crippen LogP contribution in [0.25, 0.3) is 6.08 Å². The molecule has 0 aliphatic carbocycles. The Morgan fingerprint density at radius 2 is 1.59 bits per heavy atom. The first-order valence-corrected chi connectivity index (χ1v) is 10.5. The van der Waals surface area contributed by atoms with E-state index in [0.29, 0.717) is 24.5 Å². The first-order valence-electron chi connectivity index (χ1n) is 10.5. The molecule has 1 N–H and O–H groups in total. The number of hydrogen-bond acceptors (Lipinski definition) is 6. The van der Waals surface area contributed by atoms with E-state index in [1.165, 1.54) is 24.3 Å². The molecule has 0 radical (unpaired) electrons. The van der Waals surface area contributed by atoms with Gasteiger partial charge in [0.25, 0.3) is 17.5 Å². The summed E-state index contributed by atoms with van der Waals surface area (Å²) in [6, 6.07) is 22.0. The monoisotopic (exact) mass is 459 g/mol. The Morgan fingerprint density at radius 1 is 0.912 bits per heavy atom. The summed E-state index contributed by atoms with van der Waals surface area (Å²) < 4.78 is 11.4. The number of carbonyl (C=O) groups is 2. The highest BCUT2D eigenvalue weighted by Gasteiger charge is 2.34. The molecule has 1 aliphatic rings. The molecule has 2 amide bonds. The maximum atomic E-state index is 12.9. The minimum Gasteiger partial charge on any atom is -0.493 e. The van der Waals surface area contributed by atoms with E-state index in [9.17, 15) is 19.7 Å².